The molecule has 1 unspecified atom stereocenters. The second-order valence-electron chi connectivity index (χ2n) is 6.55. The van der Waals surface area contributed by atoms with Crippen LogP contribution in [0.2, 0.25) is 0 Å². The highest BCUT2D eigenvalue weighted by molar-refractivity contribution is 7.86. The van der Waals surface area contributed by atoms with E-state index in [0.717, 1.165) is 11.8 Å². The lowest BCUT2D eigenvalue weighted by Crippen LogP contribution is -2.29. The van der Waals surface area contributed by atoms with Gasteiger partial charge in [-0.15, -0.1) is 0 Å². The molecule has 166 valence electrons. The number of rotatable bonds is 10. The van der Waals surface area contributed by atoms with Crippen LogP contribution in [-0.4, -0.2) is 43.1 Å². The zero-order valence-electron chi connectivity index (χ0n) is 16.9. The predicted octanol–water partition coefficient (Wildman–Crippen LogP) is 2.78. The maximum absolute atomic E-state index is 12.2. The highest BCUT2D eigenvalue weighted by Gasteiger charge is 2.18. The Morgan fingerprint density at radius 3 is 2.39 bits per heavy atom. The van der Waals surface area contributed by atoms with Gasteiger partial charge in [0.25, 0.3) is 10.1 Å². The predicted molar refractivity (Wildman–Crippen MR) is 120 cm³/mol. The standard InChI is InChI=1S/C21H22N2O6S.H2S/c1-30(25,26)29-20(14-23-13-5-12-22-23)16-27-19-10-8-18(9-11-19)21(24)28-15-17-6-3-2-4-7-17;/h2-13,20H,14-16H2,1H3;1H2. The summed E-state index contributed by atoms with van der Waals surface area (Å²) in [6, 6.07) is 17.5. The minimum atomic E-state index is -3.66. The van der Waals surface area contributed by atoms with E-state index in [1.807, 2.05) is 30.3 Å². The van der Waals surface area contributed by atoms with Gasteiger partial charge in [-0.05, 0) is 35.9 Å². The number of benzene rings is 2. The van der Waals surface area contributed by atoms with E-state index in [1.165, 1.54) is 0 Å². The van der Waals surface area contributed by atoms with E-state index < -0.39 is 22.2 Å². The maximum Gasteiger partial charge on any atom is 0.338 e. The molecule has 3 rings (SSSR count). The minimum absolute atomic E-state index is 0. The molecule has 1 aromatic heterocycles. The Morgan fingerprint density at radius 1 is 1.06 bits per heavy atom. The summed E-state index contributed by atoms with van der Waals surface area (Å²) in [6.07, 6.45) is 3.52. The summed E-state index contributed by atoms with van der Waals surface area (Å²) in [5, 5.41) is 4.05. The second-order valence-corrected chi connectivity index (χ2v) is 8.15. The molecule has 0 amide bonds. The van der Waals surface area contributed by atoms with Crippen molar-refractivity contribution in [1.82, 2.24) is 9.78 Å². The Kier molecular flexibility index (Phi) is 9.10. The Balaban J connectivity index is 0.00000341. The molecule has 2 aromatic carbocycles. The van der Waals surface area contributed by atoms with Crippen LogP contribution in [0, 0.1) is 0 Å². The average molecular weight is 465 g/mol. The first kappa shape index (κ1) is 24.4. The van der Waals surface area contributed by atoms with E-state index in [4.69, 9.17) is 13.7 Å². The van der Waals surface area contributed by atoms with Crippen molar-refractivity contribution in [3.8, 4) is 5.75 Å². The second kappa shape index (κ2) is 11.5. The van der Waals surface area contributed by atoms with Crippen molar-refractivity contribution in [2.75, 3.05) is 12.9 Å². The number of hydrogen-bond acceptors (Lipinski definition) is 7. The number of carbonyl (C=O) groups excluding carboxylic acids is 1. The zero-order valence-corrected chi connectivity index (χ0v) is 18.7. The van der Waals surface area contributed by atoms with Crippen LogP contribution in [0.25, 0.3) is 0 Å². The third-order valence-corrected chi connectivity index (χ3v) is 4.62. The van der Waals surface area contributed by atoms with Gasteiger partial charge in [-0.3, -0.25) is 8.86 Å². The number of esters is 1. The Hall–Kier alpha value is -2.82. The van der Waals surface area contributed by atoms with Gasteiger partial charge in [0.1, 0.15) is 25.1 Å². The van der Waals surface area contributed by atoms with Crippen LogP contribution in [0.3, 0.4) is 0 Å². The van der Waals surface area contributed by atoms with Gasteiger partial charge >= 0.3 is 5.97 Å². The number of carbonyl (C=O) groups is 1. The maximum atomic E-state index is 12.2. The Bertz CT molecular complexity index is 1040. The van der Waals surface area contributed by atoms with Crippen molar-refractivity contribution in [1.29, 1.82) is 0 Å². The monoisotopic (exact) mass is 464 g/mol. The molecule has 1 heterocycles. The minimum Gasteiger partial charge on any atom is -0.491 e. The molecule has 0 aliphatic rings. The first-order chi connectivity index (χ1) is 14.4. The molecule has 0 saturated heterocycles. The summed E-state index contributed by atoms with van der Waals surface area (Å²) < 4.78 is 40.6. The normalized spacial score (nSPS) is 11.9. The SMILES string of the molecule is CS(=O)(=O)OC(COc1ccc(C(=O)OCc2ccccc2)cc1)Cn1cccn1.S. The summed E-state index contributed by atoms with van der Waals surface area (Å²) in [4.78, 5) is 12.2. The first-order valence-corrected chi connectivity index (χ1v) is 11.0. The van der Waals surface area contributed by atoms with Crippen LogP contribution < -0.4 is 4.74 Å². The fourth-order valence-corrected chi connectivity index (χ4v) is 3.27. The molecule has 31 heavy (non-hydrogen) atoms. The smallest absolute Gasteiger partial charge is 0.338 e. The van der Waals surface area contributed by atoms with Crippen LogP contribution in [0.5, 0.6) is 5.75 Å². The lowest BCUT2D eigenvalue weighted by molar-refractivity contribution is 0.0472. The number of nitrogens with zero attached hydrogens (tertiary/aromatic N) is 2. The highest BCUT2D eigenvalue weighted by Crippen LogP contribution is 2.15. The summed E-state index contributed by atoms with van der Waals surface area (Å²) in [7, 11) is -3.66. The topological polar surface area (TPSA) is 96.7 Å². The molecule has 0 aliphatic heterocycles. The summed E-state index contributed by atoms with van der Waals surface area (Å²) in [5.74, 6) is 0.0274. The Morgan fingerprint density at radius 2 is 1.77 bits per heavy atom. The number of aromatic nitrogens is 2. The fraction of sp³-hybridized carbons (Fsp3) is 0.238. The van der Waals surface area contributed by atoms with Crippen molar-refractivity contribution < 1.29 is 26.9 Å². The molecular formula is C21H24N2O6S2. The lowest BCUT2D eigenvalue weighted by Gasteiger charge is -2.17. The van der Waals surface area contributed by atoms with E-state index in [0.29, 0.717) is 11.3 Å². The van der Waals surface area contributed by atoms with Gasteiger partial charge in [0, 0.05) is 12.4 Å². The van der Waals surface area contributed by atoms with Crippen molar-refractivity contribution in [3.63, 3.8) is 0 Å². The van der Waals surface area contributed by atoms with Crippen LogP contribution in [0.1, 0.15) is 15.9 Å². The molecule has 0 radical (unpaired) electrons. The summed E-state index contributed by atoms with van der Waals surface area (Å²) in [5.41, 5.74) is 1.29. The van der Waals surface area contributed by atoms with E-state index in [-0.39, 0.29) is 33.3 Å². The number of ether oxygens (including phenoxy) is 2. The van der Waals surface area contributed by atoms with Crippen molar-refractivity contribution >= 4 is 29.6 Å². The van der Waals surface area contributed by atoms with Crippen LogP contribution in [0.15, 0.2) is 73.1 Å². The molecule has 8 nitrogen and oxygen atoms in total. The van der Waals surface area contributed by atoms with E-state index >= 15 is 0 Å². The molecule has 10 heteroatoms. The van der Waals surface area contributed by atoms with Crippen LogP contribution in [0.4, 0.5) is 0 Å². The van der Waals surface area contributed by atoms with E-state index in [9.17, 15) is 13.2 Å². The van der Waals surface area contributed by atoms with Crippen LogP contribution >= 0.6 is 13.5 Å². The van der Waals surface area contributed by atoms with Gasteiger partial charge in [0.05, 0.1) is 18.4 Å². The molecule has 0 aliphatic carbocycles. The third-order valence-electron chi connectivity index (χ3n) is 4.00. The van der Waals surface area contributed by atoms with Gasteiger partial charge in [-0.25, -0.2) is 4.79 Å². The molecule has 3 aromatic rings. The fourth-order valence-electron chi connectivity index (χ4n) is 2.66. The first-order valence-electron chi connectivity index (χ1n) is 9.19. The third kappa shape index (κ3) is 8.44. The molecule has 0 fully saturated rings. The number of hydrogen-bond donors (Lipinski definition) is 0. The molecule has 0 N–H and O–H groups in total. The van der Waals surface area contributed by atoms with Gasteiger partial charge < -0.3 is 9.47 Å². The molecule has 0 saturated carbocycles. The average Bonchev–Trinajstić information content (AvgIpc) is 3.23. The van der Waals surface area contributed by atoms with Gasteiger partial charge in [0.2, 0.25) is 0 Å². The molecule has 1 atom stereocenters. The molecule has 0 bridgehead atoms. The van der Waals surface area contributed by atoms with Gasteiger partial charge in [-0.2, -0.15) is 27.0 Å². The van der Waals surface area contributed by atoms with E-state index in [1.54, 1.807) is 47.4 Å². The highest BCUT2D eigenvalue weighted by atomic mass is 32.2. The van der Waals surface area contributed by atoms with Gasteiger partial charge in [-0.1, -0.05) is 30.3 Å². The molecular weight excluding hydrogens is 440 g/mol. The molecule has 0 spiro atoms. The quantitative estimate of drug-likeness (QED) is 0.336. The summed E-state index contributed by atoms with van der Waals surface area (Å²) >= 11 is 0. The van der Waals surface area contributed by atoms with E-state index in [2.05, 4.69) is 5.10 Å². The van der Waals surface area contributed by atoms with Crippen molar-refractivity contribution in [2.45, 2.75) is 19.3 Å². The summed E-state index contributed by atoms with van der Waals surface area (Å²) in [6.45, 7) is 0.393. The Labute approximate surface area is 188 Å². The van der Waals surface area contributed by atoms with Crippen molar-refractivity contribution in [2.24, 2.45) is 0 Å². The zero-order chi connectivity index (χ0) is 21.4. The van der Waals surface area contributed by atoms with Crippen LogP contribution in [-0.2, 0) is 32.2 Å². The van der Waals surface area contributed by atoms with Gasteiger partial charge in [0.15, 0.2) is 0 Å². The van der Waals surface area contributed by atoms with Crippen molar-refractivity contribution in [3.05, 3.63) is 84.2 Å². The lowest BCUT2D eigenvalue weighted by atomic mass is 10.2. The largest absolute Gasteiger partial charge is 0.491 e.